The van der Waals surface area contributed by atoms with E-state index in [2.05, 4.69) is 44.8 Å². The van der Waals surface area contributed by atoms with Gasteiger partial charge in [-0.05, 0) is 136 Å². The average molecular weight is 618 g/mol. The van der Waals surface area contributed by atoms with Gasteiger partial charge in [0.15, 0.2) is 0 Å². The zero-order chi connectivity index (χ0) is 30.8. The van der Waals surface area contributed by atoms with Crippen molar-refractivity contribution in [2.45, 2.75) is 111 Å². The number of piperidine rings is 1. The van der Waals surface area contributed by atoms with Crippen molar-refractivity contribution in [3.05, 3.63) is 0 Å². The molecule has 8 heteroatoms. The maximum absolute atomic E-state index is 12.7. The summed E-state index contributed by atoms with van der Waals surface area (Å²) in [7, 11) is -0.594. The zero-order valence-corrected chi connectivity index (χ0v) is 28.5. The highest BCUT2D eigenvalue weighted by Gasteiger charge is 2.70. The van der Waals surface area contributed by atoms with E-state index in [0.717, 1.165) is 62.4 Å². The number of carbonyl (C=O) groups is 2. The lowest BCUT2D eigenvalue weighted by Crippen LogP contribution is -2.70. The summed E-state index contributed by atoms with van der Waals surface area (Å²) in [5.74, 6) is 2.23. The number of hydrogen-bond donors (Lipinski definition) is 2. The molecule has 2 aliphatic heterocycles. The molecule has 0 aromatic carbocycles. The molecule has 0 aromatic heterocycles. The Morgan fingerprint density at radius 1 is 0.837 bits per heavy atom. The predicted octanol–water partition coefficient (Wildman–Crippen LogP) is 5.16. The summed E-state index contributed by atoms with van der Waals surface area (Å²) in [5.41, 5.74) is 0.786. The highest BCUT2D eigenvalue weighted by atomic mass is 32.2. The second-order valence-electron chi connectivity index (χ2n) is 16.9. The molecule has 0 bridgehead atoms. The van der Waals surface area contributed by atoms with Crippen LogP contribution in [0.15, 0.2) is 0 Å². The molecule has 6 fully saturated rings. The number of nitrogens with zero attached hydrogens (tertiary/aromatic N) is 2. The Morgan fingerprint density at radius 2 is 1.58 bits per heavy atom. The molecular formula is C35H59N3O4S. The number of fused-ring (bicyclic) bond motifs is 7. The lowest BCUT2D eigenvalue weighted by Gasteiger charge is -2.73. The van der Waals surface area contributed by atoms with Crippen LogP contribution in [0.5, 0.6) is 0 Å². The van der Waals surface area contributed by atoms with E-state index in [0.29, 0.717) is 29.2 Å². The molecule has 2 N–H and O–H groups in total. The highest BCUT2D eigenvalue weighted by molar-refractivity contribution is 7.85. The monoisotopic (exact) mass is 617 g/mol. The van der Waals surface area contributed by atoms with Crippen molar-refractivity contribution in [1.29, 1.82) is 0 Å². The van der Waals surface area contributed by atoms with Crippen LogP contribution in [0.3, 0.4) is 0 Å². The van der Waals surface area contributed by atoms with Crippen molar-refractivity contribution < 1.29 is 18.9 Å². The van der Waals surface area contributed by atoms with Gasteiger partial charge in [-0.3, -0.25) is 9.00 Å². The molecule has 8 atom stereocenters. The fraction of sp³-hybridized carbons (Fsp3) is 0.943. The number of rotatable bonds is 6. The molecule has 0 aromatic rings. The minimum atomic E-state index is -1.32. The van der Waals surface area contributed by atoms with Gasteiger partial charge in [0.2, 0.25) is 0 Å². The Morgan fingerprint density at radius 3 is 2.30 bits per heavy atom. The van der Waals surface area contributed by atoms with E-state index in [1.165, 1.54) is 64.3 Å². The van der Waals surface area contributed by atoms with Crippen LogP contribution in [0.4, 0.5) is 0 Å². The normalized spacial score (nSPS) is 44.6. The molecule has 7 nitrogen and oxygen atoms in total. The van der Waals surface area contributed by atoms with Crippen molar-refractivity contribution in [3.63, 3.8) is 0 Å². The summed E-state index contributed by atoms with van der Waals surface area (Å²) >= 11 is 0. The Hall–Kier alpha value is -0.990. The molecular weight excluding hydrogens is 558 g/mol. The topological polar surface area (TPSA) is 89.9 Å². The molecule has 4 aliphatic carbocycles. The Bertz CT molecular complexity index is 1120. The van der Waals surface area contributed by atoms with Gasteiger partial charge in [0.1, 0.15) is 0 Å². The largest absolute Gasteiger partial charge is 0.474 e. The number of amides is 1. The summed E-state index contributed by atoms with van der Waals surface area (Å²) in [5, 5.41) is 13.5. The van der Waals surface area contributed by atoms with Crippen molar-refractivity contribution in [2.75, 3.05) is 50.8 Å². The molecule has 43 heavy (non-hydrogen) atoms. The Balaban J connectivity index is 1.14. The van der Waals surface area contributed by atoms with Crippen molar-refractivity contribution in [2.24, 2.45) is 45.3 Å². The van der Waals surface area contributed by atoms with E-state index in [1.807, 2.05) is 0 Å². The van der Waals surface area contributed by atoms with Gasteiger partial charge >= 0.3 is 11.9 Å². The van der Waals surface area contributed by atoms with Gasteiger partial charge < -0.3 is 20.2 Å². The number of carboxylic acid groups (broad SMARTS) is 1. The molecule has 0 radical (unpaired) electrons. The summed E-state index contributed by atoms with van der Waals surface area (Å²) < 4.78 is 11.7. The van der Waals surface area contributed by atoms with Crippen LogP contribution in [0.1, 0.15) is 105 Å². The molecule has 2 saturated heterocycles. The van der Waals surface area contributed by atoms with Crippen molar-refractivity contribution >= 4 is 22.7 Å². The fourth-order valence-electron chi connectivity index (χ4n) is 12.9. The first-order chi connectivity index (χ1) is 20.3. The van der Waals surface area contributed by atoms with Crippen LogP contribution in [0.2, 0.25) is 0 Å². The molecule has 4 saturated carbocycles. The van der Waals surface area contributed by atoms with Crippen LogP contribution >= 0.6 is 0 Å². The zero-order valence-electron chi connectivity index (χ0n) is 27.7. The van der Waals surface area contributed by atoms with E-state index in [1.54, 1.807) is 4.90 Å². The van der Waals surface area contributed by atoms with Crippen LogP contribution < -0.4 is 5.32 Å². The molecule has 0 spiro atoms. The summed E-state index contributed by atoms with van der Waals surface area (Å²) in [6.45, 7) is 18.1. The van der Waals surface area contributed by atoms with E-state index in [4.69, 9.17) is 0 Å². The molecule has 2 heterocycles. The van der Waals surface area contributed by atoms with E-state index in [-0.39, 0.29) is 10.8 Å². The maximum Gasteiger partial charge on any atom is 0.394 e. The molecule has 244 valence electrons. The minimum Gasteiger partial charge on any atom is -0.474 e. The lowest BCUT2D eigenvalue weighted by molar-refractivity contribution is -0.239. The number of nitrogens with one attached hydrogen (secondary N) is 1. The first kappa shape index (κ1) is 32.0. The van der Waals surface area contributed by atoms with Gasteiger partial charge in [0.05, 0.1) is 0 Å². The number of hydrogen-bond acceptors (Lipinski definition) is 5. The number of aliphatic carboxylic acids is 1. The Labute approximate surface area is 263 Å². The van der Waals surface area contributed by atoms with Gasteiger partial charge in [-0.1, -0.05) is 27.2 Å². The van der Waals surface area contributed by atoms with Crippen molar-refractivity contribution in [3.8, 4) is 0 Å². The summed E-state index contributed by atoms with van der Waals surface area (Å²) in [6, 6.07) is 0. The van der Waals surface area contributed by atoms with E-state index >= 15 is 0 Å². The SMILES string of the molecule is CC12CCN(C(=O)C(=O)O)C(C)(C)C1CCC1(C)C2CCC2[C@H]3CCCC3(CNCCCN3CCS(=O)CC3)CC[C@]21C. The van der Waals surface area contributed by atoms with Crippen LogP contribution in [0, 0.1) is 45.3 Å². The minimum absolute atomic E-state index is 0.134. The lowest BCUT2D eigenvalue weighted by atomic mass is 9.33. The fourth-order valence-corrected chi connectivity index (χ4v) is 14.0. The van der Waals surface area contributed by atoms with Gasteiger partial charge in [0.25, 0.3) is 0 Å². The smallest absolute Gasteiger partial charge is 0.394 e. The second-order valence-corrected chi connectivity index (χ2v) is 18.6. The summed E-state index contributed by atoms with van der Waals surface area (Å²) in [6.07, 6.45) is 13.9. The average Bonchev–Trinajstić information content (AvgIpc) is 3.38. The van der Waals surface area contributed by atoms with Gasteiger partial charge in [-0.2, -0.15) is 0 Å². The molecule has 6 aliphatic rings. The van der Waals surface area contributed by atoms with E-state index < -0.39 is 28.2 Å². The summed E-state index contributed by atoms with van der Waals surface area (Å²) in [4.78, 5) is 28.6. The van der Waals surface area contributed by atoms with Gasteiger partial charge in [-0.15, -0.1) is 0 Å². The standard InChI is InChI=1S/C35H59N3O4S/c1-31(2)27-11-13-34(5)28(32(27,3)16-19-38(31)29(39)30(40)41)10-9-25-26-8-6-12-35(26,15-14-33(25,34)4)24-36-17-7-18-37-20-22-43(42)23-21-37/h25-28,36H,6-24H2,1-5H3,(H,40,41)/t25?,26-,27?,28?,32?,33-,34?,35?/m1/s1. The second kappa shape index (κ2) is 11.4. The predicted molar refractivity (Wildman–Crippen MR) is 172 cm³/mol. The van der Waals surface area contributed by atoms with Gasteiger partial charge in [-0.25, -0.2) is 4.79 Å². The third-order valence-electron chi connectivity index (χ3n) is 15.2. The maximum atomic E-state index is 12.7. The highest BCUT2D eigenvalue weighted by Crippen LogP contribution is 2.76. The molecule has 6 rings (SSSR count). The first-order valence-corrected chi connectivity index (χ1v) is 19.1. The Kier molecular flexibility index (Phi) is 8.45. The van der Waals surface area contributed by atoms with Gasteiger partial charge in [0, 0.05) is 54.0 Å². The van der Waals surface area contributed by atoms with E-state index in [9.17, 15) is 18.9 Å². The van der Waals surface area contributed by atoms with Crippen LogP contribution in [-0.4, -0.2) is 87.3 Å². The number of likely N-dealkylation sites (tertiary alicyclic amines) is 1. The number of carboxylic acids is 1. The molecule has 1 amide bonds. The van der Waals surface area contributed by atoms with Crippen LogP contribution in [-0.2, 0) is 20.4 Å². The van der Waals surface area contributed by atoms with Crippen molar-refractivity contribution in [1.82, 2.24) is 15.1 Å². The third-order valence-corrected chi connectivity index (χ3v) is 16.5. The quantitative estimate of drug-likeness (QED) is 0.316. The third kappa shape index (κ3) is 4.97. The van der Waals surface area contributed by atoms with Crippen LogP contribution in [0.25, 0.3) is 0 Å². The molecule has 6 unspecified atom stereocenters. The number of carbonyl (C=O) groups excluding carboxylic acids is 1. The first-order valence-electron chi connectivity index (χ1n) is 17.6.